The van der Waals surface area contributed by atoms with Gasteiger partial charge < -0.3 is 21.3 Å². The van der Waals surface area contributed by atoms with E-state index in [0.29, 0.717) is 13.0 Å². The van der Waals surface area contributed by atoms with Crippen molar-refractivity contribution >= 4 is 17.6 Å². The Bertz CT molecular complexity index is 431. The van der Waals surface area contributed by atoms with Gasteiger partial charge in [0, 0.05) is 18.8 Å². The number of amides is 1. The van der Waals surface area contributed by atoms with Gasteiger partial charge >= 0.3 is 5.97 Å². The van der Waals surface area contributed by atoms with Crippen molar-refractivity contribution in [2.24, 2.45) is 0 Å². The molecule has 0 atom stereocenters. The average molecular weight is 238 g/mol. The fourth-order valence-electron chi connectivity index (χ4n) is 1.31. The Morgan fingerprint density at radius 2 is 2.00 bits per heavy atom. The second kappa shape index (κ2) is 5.86. The van der Waals surface area contributed by atoms with Gasteiger partial charge in [0.25, 0.3) is 5.91 Å². The molecule has 0 saturated carbocycles. The number of rotatable bonds is 5. The van der Waals surface area contributed by atoms with Crippen LogP contribution in [-0.4, -0.2) is 35.2 Å². The molecule has 1 amide bonds. The summed E-state index contributed by atoms with van der Waals surface area (Å²) in [6.07, 6.45) is 0.420. The predicted molar refractivity (Wildman–Crippen MR) is 61.8 cm³/mol. The molecule has 0 bridgehead atoms. The average Bonchev–Trinajstić information content (AvgIpc) is 2.29. The lowest BCUT2D eigenvalue weighted by molar-refractivity contribution is 0.0691. The number of carboxylic acid groups (broad SMARTS) is 1. The minimum Gasteiger partial charge on any atom is -0.478 e. The quantitative estimate of drug-likeness (QED) is 0.428. The van der Waals surface area contributed by atoms with Crippen molar-refractivity contribution in [2.75, 3.05) is 18.9 Å². The number of nitrogen functional groups attached to an aromatic ring is 1. The molecule has 0 fully saturated rings. The van der Waals surface area contributed by atoms with Crippen LogP contribution in [-0.2, 0) is 0 Å². The molecular weight excluding hydrogens is 224 g/mol. The highest BCUT2D eigenvalue weighted by molar-refractivity contribution is 6.05. The zero-order valence-electron chi connectivity index (χ0n) is 9.14. The topological polar surface area (TPSA) is 113 Å². The standard InChI is InChI=1S/C11H14N2O4/c12-7-2-3-8(9(6-7)11(16)17)10(15)13-4-1-5-14/h2-3,6,14H,1,4-5,12H2,(H,13,15)(H,16,17). The summed E-state index contributed by atoms with van der Waals surface area (Å²) >= 11 is 0. The molecule has 5 N–H and O–H groups in total. The van der Waals surface area contributed by atoms with Crippen LogP contribution in [0.5, 0.6) is 0 Å². The number of carbonyl (C=O) groups excluding carboxylic acids is 1. The molecule has 6 nitrogen and oxygen atoms in total. The molecular formula is C11H14N2O4. The van der Waals surface area contributed by atoms with E-state index in [0.717, 1.165) is 0 Å². The second-order valence-corrected chi connectivity index (χ2v) is 3.44. The highest BCUT2D eigenvalue weighted by Gasteiger charge is 2.16. The number of aliphatic hydroxyl groups is 1. The maximum Gasteiger partial charge on any atom is 0.336 e. The highest BCUT2D eigenvalue weighted by Crippen LogP contribution is 2.13. The zero-order valence-corrected chi connectivity index (χ0v) is 9.14. The lowest BCUT2D eigenvalue weighted by Gasteiger charge is -2.07. The summed E-state index contributed by atoms with van der Waals surface area (Å²) < 4.78 is 0. The third-order valence-electron chi connectivity index (χ3n) is 2.14. The second-order valence-electron chi connectivity index (χ2n) is 3.44. The largest absolute Gasteiger partial charge is 0.478 e. The van der Waals surface area contributed by atoms with Crippen LogP contribution in [0.25, 0.3) is 0 Å². The van der Waals surface area contributed by atoms with Gasteiger partial charge in [-0.3, -0.25) is 4.79 Å². The van der Waals surface area contributed by atoms with Gasteiger partial charge in [-0.05, 0) is 24.6 Å². The summed E-state index contributed by atoms with van der Waals surface area (Å²) in [5.41, 5.74) is 5.67. The van der Waals surface area contributed by atoms with E-state index >= 15 is 0 Å². The van der Waals surface area contributed by atoms with Crippen molar-refractivity contribution in [1.82, 2.24) is 5.32 Å². The molecule has 1 aromatic carbocycles. The molecule has 0 unspecified atom stereocenters. The number of aromatic carboxylic acids is 1. The normalized spacial score (nSPS) is 9.94. The maximum atomic E-state index is 11.7. The first kappa shape index (κ1) is 13.0. The first-order valence-electron chi connectivity index (χ1n) is 5.08. The van der Waals surface area contributed by atoms with Crippen molar-refractivity contribution in [3.63, 3.8) is 0 Å². The number of aliphatic hydroxyl groups excluding tert-OH is 1. The fraction of sp³-hybridized carbons (Fsp3) is 0.273. The van der Waals surface area contributed by atoms with Crippen LogP contribution in [0.4, 0.5) is 5.69 Å². The number of carboxylic acids is 1. The van der Waals surface area contributed by atoms with Crippen LogP contribution in [0.2, 0.25) is 0 Å². The summed E-state index contributed by atoms with van der Waals surface area (Å²) in [5, 5.41) is 20.0. The Morgan fingerprint density at radius 1 is 1.29 bits per heavy atom. The fourth-order valence-corrected chi connectivity index (χ4v) is 1.31. The predicted octanol–water partition coefficient (Wildman–Crippen LogP) is 0.0792. The zero-order chi connectivity index (χ0) is 12.8. The number of hydrogen-bond donors (Lipinski definition) is 4. The first-order valence-corrected chi connectivity index (χ1v) is 5.08. The number of carbonyl (C=O) groups is 2. The van der Waals surface area contributed by atoms with E-state index in [1.807, 2.05) is 0 Å². The molecule has 6 heteroatoms. The Morgan fingerprint density at radius 3 is 2.59 bits per heavy atom. The number of hydrogen-bond acceptors (Lipinski definition) is 4. The van der Waals surface area contributed by atoms with Crippen molar-refractivity contribution in [1.29, 1.82) is 0 Å². The van der Waals surface area contributed by atoms with E-state index in [-0.39, 0.29) is 23.4 Å². The Kier molecular flexibility index (Phi) is 4.47. The van der Waals surface area contributed by atoms with Crippen LogP contribution >= 0.6 is 0 Å². The molecule has 0 radical (unpaired) electrons. The molecule has 0 heterocycles. The minimum absolute atomic E-state index is 0.0339. The summed E-state index contributed by atoms with van der Waals surface area (Å²) in [6.45, 7) is 0.257. The molecule has 17 heavy (non-hydrogen) atoms. The third kappa shape index (κ3) is 3.46. The van der Waals surface area contributed by atoms with E-state index in [9.17, 15) is 9.59 Å². The molecule has 0 saturated heterocycles. The third-order valence-corrected chi connectivity index (χ3v) is 2.14. The van der Waals surface area contributed by atoms with Crippen LogP contribution in [0.15, 0.2) is 18.2 Å². The van der Waals surface area contributed by atoms with Crippen molar-refractivity contribution < 1.29 is 19.8 Å². The lowest BCUT2D eigenvalue weighted by Crippen LogP contribution is -2.26. The van der Waals surface area contributed by atoms with Gasteiger partial charge in [0.15, 0.2) is 0 Å². The first-order chi connectivity index (χ1) is 8.06. The van der Waals surface area contributed by atoms with Gasteiger partial charge in [0.05, 0.1) is 11.1 Å². The van der Waals surface area contributed by atoms with Gasteiger partial charge in [0.2, 0.25) is 0 Å². The molecule has 1 rings (SSSR count). The molecule has 92 valence electrons. The van der Waals surface area contributed by atoms with E-state index in [2.05, 4.69) is 5.32 Å². The van der Waals surface area contributed by atoms with E-state index in [4.69, 9.17) is 15.9 Å². The number of benzene rings is 1. The van der Waals surface area contributed by atoms with Crippen LogP contribution < -0.4 is 11.1 Å². The smallest absolute Gasteiger partial charge is 0.336 e. The Labute approximate surface area is 98.1 Å². The van der Waals surface area contributed by atoms with Gasteiger partial charge in [-0.2, -0.15) is 0 Å². The molecule has 0 aliphatic carbocycles. The van der Waals surface area contributed by atoms with Gasteiger partial charge in [-0.25, -0.2) is 4.79 Å². The molecule has 0 aromatic heterocycles. The summed E-state index contributed by atoms with van der Waals surface area (Å²) in [4.78, 5) is 22.6. The molecule has 1 aromatic rings. The molecule has 0 aliphatic rings. The van der Waals surface area contributed by atoms with Gasteiger partial charge in [0.1, 0.15) is 0 Å². The van der Waals surface area contributed by atoms with Crippen LogP contribution in [0.1, 0.15) is 27.1 Å². The lowest BCUT2D eigenvalue weighted by atomic mass is 10.1. The van der Waals surface area contributed by atoms with E-state index < -0.39 is 11.9 Å². The van der Waals surface area contributed by atoms with Gasteiger partial charge in [-0.1, -0.05) is 0 Å². The highest BCUT2D eigenvalue weighted by atomic mass is 16.4. The van der Waals surface area contributed by atoms with E-state index in [1.54, 1.807) is 0 Å². The van der Waals surface area contributed by atoms with Crippen molar-refractivity contribution in [2.45, 2.75) is 6.42 Å². The number of anilines is 1. The van der Waals surface area contributed by atoms with Gasteiger partial charge in [-0.15, -0.1) is 0 Å². The summed E-state index contributed by atoms with van der Waals surface area (Å²) in [7, 11) is 0. The van der Waals surface area contributed by atoms with Crippen molar-refractivity contribution in [3.05, 3.63) is 29.3 Å². The Hall–Kier alpha value is -2.08. The van der Waals surface area contributed by atoms with Crippen molar-refractivity contribution in [3.8, 4) is 0 Å². The van der Waals surface area contributed by atoms with E-state index in [1.165, 1.54) is 18.2 Å². The summed E-state index contributed by atoms with van der Waals surface area (Å²) in [6, 6.07) is 4.07. The maximum absolute atomic E-state index is 11.7. The van der Waals surface area contributed by atoms with Crippen LogP contribution in [0, 0.1) is 0 Å². The molecule has 0 aliphatic heterocycles. The minimum atomic E-state index is -1.20. The number of nitrogens with one attached hydrogen (secondary N) is 1. The molecule has 0 spiro atoms. The number of nitrogens with two attached hydrogens (primary N) is 1. The SMILES string of the molecule is Nc1ccc(C(=O)NCCCO)c(C(=O)O)c1. The van der Waals surface area contributed by atoms with Crippen LogP contribution in [0.3, 0.4) is 0 Å². The Balaban J connectivity index is 2.89. The monoisotopic (exact) mass is 238 g/mol. The summed E-state index contributed by atoms with van der Waals surface area (Å²) in [5.74, 6) is -1.69.